The van der Waals surface area contributed by atoms with Gasteiger partial charge in [0.05, 0.1) is 13.2 Å². The van der Waals surface area contributed by atoms with Crippen molar-refractivity contribution in [3.05, 3.63) is 77.2 Å². The lowest BCUT2D eigenvalue weighted by atomic mass is 9.98. The fraction of sp³-hybridized carbons (Fsp3) is 0.280. The second-order valence-electron chi connectivity index (χ2n) is 8.38. The number of nitrogens with zero attached hydrogens (tertiary/aromatic N) is 1. The summed E-state index contributed by atoms with van der Waals surface area (Å²) in [7, 11) is 1.40. The molecule has 0 saturated heterocycles. The third-order valence-corrected chi connectivity index (χ3v) is 5.86. The van der Waals surface area contributed by atoms with Gasteiger partial charge in [-0.1, -0.05) is 53.7 Å². The van der Waals surface area contributed by atoms with Gasteiger partial charge in [0.15, 0.2) is 11.5 Å². The summed E-state index contributed by atoms with van der Waals surface area (Å²) in [6.07, 6.45) is -0.769. The average Bonchev–Trinajstić information content (AvgIpc) is 3.44. The van der Waals surface area contributed by atoms with Crippen LogP contribution in [-0.2, 0) is 20.8 Å². The summed E-state index contributed by atoms with van der Waals surface area (Å²) in [5.41, 5.74) is 2.65. The van der Waals surface area contributed by atoms with Crippen LogP contribution in [0.3, 0.4) is 0 Å². The van der Waals surface area contributed by atoms with Crippen LogP contribution in [0.4, 0.5) is 4.79 Å². The van der Waals surface area contributed by atoms with E-state index in [0.29, 0.717) is 0 Å². The predicted molar refractivity (Wildman–Crippen MR) is 124 cm³/mol. The van der Waals surface area contributed by atoms with Crippen LogP contribution < -0.4 is 10.6 Å². The number of hydrogen-bond donors (Lipinski definition) is 3. The Morgan fingerprint density at radius 1 is 1.09 bits per heavy atom. The molecule has 1 aliphatic carbocycles. The number of hydrogen-bond acceptors (Lipinski definition) is 7. The second-order valence-corrected chi connectivity index (χ2v) is 8.38. The fourth-order valence-electron chi connectivity index (χ4n) is 4.17. The van der Waals surface area contributed by atoms with Crippen molar-refractivity contribution in [1.29, 1.82) is 0 Å². The monoisotopic (exact) mass is 479 g/mol. The molecule has 1 aliphatic rings. The predicted octanol–water partition coefficient (Wildman–Crippen LogP) is 2.93. The van der Waals surface area contributed by atoms with Crippen LogP contribution in [0.2, 0.25) is 0 Å². The Labute approximate surface area is 201 Å². The molecule has 0 fully saturated rings. The zero-order valence-corrected chi connectivity index (χ0v) is 19.2. The lowest BCUT2D eigenvalue weighted by molar-refractivity contribution is -0.129. The van der Waals surface area contributed by atoms with Gasteiger partial charge in [-0.25, -0.2) is 9.59 Å². The van der Waals surface area contributed by atoms with Crippen LogP contribution in [0.1, 0.15) is 40.2 Å². The maximum atomic E-state index is 12.9. The van der Waals surface area contributed by atoms with Gasteiger partial charge >= 0.3 is 12.1 Å². The highest BCUT2D eigenvalue weighted by Gasteiger charge is 2.36. The lowest BCUT2D eigenvalue weighted by Crippen LogP contribution is -2.59. The number of nitrogens with one attached hydrogen (secondary N) is 2. The summed E-state index contributed by atoms with van der Waals surface area (Å²) < 4.78 is 15.6. The van der Waals surface area contributed by atoms with E-state index in [4.69, 9.17) is 19.1 Å². The highest BCUT2D eigenvalue weighted by atomic mass is 16.5. The molecule has 2 aromatic carbocycles. The largest absolute Gasteiger partial charge is 0.476 e. The van der Waals surface area contributed by atoms with E-state index in [1.165, 1.54) is 20.1 Å². The molecule has 0 saturated carbocycles. The molecule has 1 atom stereocenters. The second kappa shape index (κ2) is 9.98. The molecule has 10 nitrogen and oxygen atoms in total. The summed E-state index contributed by atoms with van der Waals surface area (Å²) >= 11 is 0. The number of methoxy groups -OCH3 is 1. The van der Waals surface area contributed by atoms with Crippen molar-refractivity contribution in [2.45, 2.75) is 24.9 Å². The number of alkyl carbamates (subject to hydrolysis) is 1. The summed E-state index contributed by atoms with van der Waals surface area (Å²) in [4.78, 5) is 36.5. The Balaban J connectivity index is 1.39. The quantitative estimate of drug-likeness (QED) is 0.426. The molecule has 1 aromatic heterocycles. The molecule has 3 aromatic rings. The van der Waals surface area contributed by atoms with Gasteiger partial charge in [0.1, 0.15) is 12.1 Å². The summed E-state index contributed by atoms with van der Waals surface area (Å²) in [6.45, 7) is 1.35. The minimum atomic E-state index is -1.45. The molecule has 0 aliphatic heterocycles. The molecular formula is C25H25N3O7. The van der Waals surface area contributed by atoms with Crippen molar-refractivity contribution in [3.8, 4) is 11.1 Å². The molecule has 4 rings (SSSR count). The highest BCUT2D eigenvalue weighted by Crippen LogP contribution is 2.44. The molecule has 1 heterocycles. The van der Waals surface area contributed by atoms with Crippen molar-refractivity contribution >= 4 is 18.0 Å². The van der Waals surface area contributed by atoms with Crippen LogP contribution in [0, 0.1) is 0 Å². The molecule has 0 radical (unpaired) electrons. The van der Waals surface area contributed by atoms with Crippen LogP contribution in [0.25, 0.3) is 11.1 Å². The van der Waals surface area contributed by atoms with Gasteiger partial charge in [0, 0.05) is 19.1 Å². The van der Waals surface area contributed by atoms with Gasteiger partial charge in [-0.05, 0) is 29.2 Å². The van der Waals surface area contributed by atoms with Crippen LogP contribution in [0.5, 0.6) is 0 Å². The number of ether oxygens (including phenoxy) is 2. The molecule has 0 bridgehead atoms. The van der Waals surface area contributed by atoms with Gasteiger partial charge in [-0.2, -0.15) is 0 Å². The first kappa shape index (κ1) is 24.0. The van der Waals surface area contributed by atoms with E-state index in [1.54, 1.807) is 0 Å². The first-order valence-corrected chi connectivity index (χ1v) is 10.9. The van der Waals surface area contributed by atoms with Crippen molar-refractivity contribution < 1.29 is 33.5 Å². The van der Waals surface area contributed by atoms with E-state index < -0.39 is 23.5 Å². The van der Waals surface area contributed by atoms with Gasteiger partial charge in [-0.15, -0.1) is 0 Å². The molecule has 182 valence electrons. The minimum absolute atomic E-state index is 0.0978. The topological polar surface area (TPSA) is 140 Å². The molecule has 3 N–H and O–H groups in total. The molecule has 35 heavy (non-hydrogen) atoms. The van der Waals surface area contributed by atoms with E-state index in [1.807, 2.05) is 48.5 Å². The normalized spacial score (nSPS) is 13.9. The number of aromatic carboxylic acids is 1. The fourth-order valence-corrected chi connectivity index (χ4v) is 4.17. The Morgan fingerprint density at radius 2 is 1.71 bits per heavy atom. The van der Waals surface area contributed by atoms with Crippen molar-refractivity contribution in [2.75, 3.05) is 20.3 Å². The maximum Gasteiger partial charge on any atom is 0.408 e. The van der Waals surface area contributed by atoms with Gasteiger partial charge in [0.2, 0.25) is 5.91 Å². The Bertz CT molecular complexity index is 1210. The van der Waals surface area contributed by atoms with E-state index in [9.17, 15) is 14.4 Å². The van der Waals surface area contributed by atoms with Gasteiger partial charge in [-0.3, -0.25) is 4.79 Å². The standard InChI is InChI=1S/C25H25N3O7/c1-25(14-33-2,23(31)26-12-15-11-21(22(29)30)28-35-15)27-24(32)34-13-20-18-9-5-3-7-16(18)17-8-4-6-10-19(17)20/h3-11,20H,12-14H2,1-2H3,(H,26,31)(H,27,32)(H,29,30). The first-order valence-electron chi connectivity index (χ1n) is 10.9. The smallest absolute Gasteiger partial charge is 0.408 e. The van der Waals surface area contributed by atoms with Gasteiger partial charge in [0.25, 0.3) is 0 Å². The van der Waals surface area contributed by atoms with Crippen molar-refractivity contribution in [1.82, 2.24) is 15.8 Å². The maximum absolute atomic E-state index is 12.9. The zero-order chi connectivity index (χ0) is 25.0. The van der Waals surface area contributed by atoms with Gasteiger partial charge < -0.3 is 29.7 Å². The number of amides is 2. The third-order valence-electron chi connectivity index (χ3n) is 5.86. The van der Waals surface area contributed by atoms with E-state index in [-0.39, 0.29) is 37.1 Å². The highest BCUT2D eigenvalue weighted by molar-refractivity contribution is 5.90. The Hall–Kier alpha value is -4.18. The number of carbonyl (C=O) groups is 3. The van der Waals surface area contributed by atoms with E-state index >= 15 is 0 Å². The number of rotatable bonds is 9. The number of carboxylic acids is 1. The Kier molecular flexibility index (Phi) is 6.83. The number of fused-ring (bicyclic) bond motifs is 3. The third kappa shape index (κ3) is 5.02. The molecule has 10 heteroatoms. The summed E-state index contributed by atoms with van der Waals surface area (Å²) in [5.74, 6) is -1.78. The zero-order valence-electron chi connectivity index (χ0n) is 19.2. The SMILES string of the molecule is COCC(C)(NC(=O)OCC1c2ccccc2-c2ccccc21)C(=O)NCc1cc(C(=O)O)no1. The average molecular weight is 479 g/mol. The number of carbonyl (C=O) groups excluding carboxylic acids is 2. The number of aromatic nitrogens is 1. The molecule has 0 spiro atoms. The number of benzene rings is 2. The van der Waals surface area contributed by atoms with Crippen molar-refractivity contribution in [2.24, 2.45) is 0 Å². The molecular weight excluding hydrogens is 454 g/mol. The lowest BCUT2D eigenvalue weighted by Gasteiger charge is -2.28. The number of carboxylic acid groups (broad SMARTS) is 1. The van der Waals surface area contributed by atoms with Crippen LogP contribution in [0.15, 0.2) is 59.1 Å². The van der Waals surface area contributed by atoms with Crippen LogP contribution in [-0.4, -0.2) is 54.1 Å². The summed E-state index contributed by atoms with van der Waals surface area (Å²) in [5, 5.41) is 17.5. The molecule has 1 unspecified atom stereocenters. The minimum Gasteiger partial charge on any atom is -0.476 e. The first-order chi connectivity index (χ1) is 16.8. The van der Waals surface area contributed by atoms with Crippen LogP contribution >= 0.6 is 0 Å². The van der Waals surface area contributed by atoms with E-state index in [2.05, 4.69) is 15.8 Å². The molecule has 2 amide bonds. The van der Waals surface area contributed by atoms with Crippen molar-refractivity contribution in [3.63, 3.8) is 0 Å². The van der Waals surface area contributed by atoms with E-state index in [0.717, 1.165) is 22.3 Å². The summed E-state index contributed by atoms with van der Waals surface area (Å²) in [6, 6.07) is 17.2. The Morgan fingerprint density at radius 3 is 2.29 bits per heavy atom.